The van der Waals surface area contributed by atoms with Gasteiger partial charge in [-0.15, -0.1) is 0 Å². The Hall–Kier alpha value is -2.96. The fourth-order valence-corrected chi connectivity index (χ4v) is 2.53. The van der Waals surface area contributed by atoms with E-state index in [1.807, 2.05) is 37.3 Å². The van der Waals surface area contributed by atoms with Crippen molar-refractivity contribution in [3.63, 3.8) is 0 Å². The molecule has 0 fully saturated rings. The maximum atomic E-state index is 8.76. The molecular weight excluding hydrogens is 398 g/mol. The van der Waals surface area contributed by atoms with Gasteiger partial charge in [0, 0.05) is 22.6 Å². The van der Waals surface area contributed by atoms with Gasteiger partial charge in [0.15, 0.2) is 11.5 Å². The highest BCUT2D eigenvalue weighted by Gasteiger charge is 2.13. The molecule has 26 heavy (non-hydrogen) atoms. The number of rotatable bonds is 6. The molecule has 132 valence electrons. The third-order valence-corrected chi connectivity index (χ3v) is 3.99. The standard InChI is InChI=1S/C17H16BrN7O/c1-10(6-19)26-15-4-11(18)2-3-13(15)14-5-16(25-24-14)23-17-9-21-12(7-20)8-22-17/h2-5,8-10H,6,19H2,1H3,(H2,22,23,24,25)/t10-/m0/s1. The summed E-state index contributed by atoms with van der Waals surface area (Å²) in [5, 5.41) is 19.0. The van der Waals surface area contributed by atoms with Crippen LogP contribution < -0.4 is 15.8 Å². The van der Waals surface area contributed by atoms with Gasteiger partial charge in [-0.05, 0) is 25.1 Å². The summed E-state index contributed by atoms with van der Waals surface area (Å²) in [5.74, 6) is 1.76. The van der Waals surface area contributed by atoms with Crippen molar-refractivity contribution in [3.05, 3.63) is 46.8 Å². The fourth-order valence-electron chi connectivity index (χ4n) is 2.19. The average Bonchev–Trinajstić information content (AvgIpc) is 3.10. The average molecular weight is 414 g/mol. The number of aromatic amines is 1. The minimum Gasteiger partial charge on any atom is -0.489 e. The smallest absolute Gasteiger partial charge is 0.158 e. The van der Waals surface area contributed by atoms with Gasteiger partial charge in [0.1, 0.15) is 23.7 Å². The minimum atomic E-state index is -0.113. The fraction of sp³-hybridized carbons (Fsp3) is 0.176. The van der Waals surface area contributed by atoms with Crippen LogP contribution in [0.5, 0.6) is 5.75 Å². The number of halogens is 1. The Kier molecular flexibility index (Phi) is 5.46. The predicted molar refractivity (Wildman–Crippen MR) is 101 cm³/mol. The summed E-state index contributed by atoms with van der Waals surface area (Å²) in [4.78, 5) is 8.07. The minimum absolute atomic E-state index is 0.113. The van der Waals surface area contributed by atoms with Crippen molar-refractivity contribution < 1.29 is 4.74 Å². The summed E-state index contributed by atoms with van der Waals surface area (Å²) in [7, 11) is 0. The van der Waals surface area contributed by atoms with E-state index in [2.05, 4.69) is 41.4 Å². The largest absolute Gasteiger partial charge is 0.489 e. The van der Waals surface area contributed by atoms with Gasteiger partial charge in [0.05, 0.1) is 18.1 Å². The number of hydrogen-bond donors (Lipinski definition) is 3. The van der Waals surface area contributed by atoms with Crippen LogP contribution in [0.2, 0.25) is 0 Å². The van der Waals surface area contributed by atoms with E-state index in [0.717, 1.165) is 15.7 Å². The molecule has 3 aromatic rings. The van der Waals surface area contributed by atoms with E-state index in [0.29, 0.717) is 23.9 Å². The monoisotopic (exact) mass is 413 g/mol. The summed E-state index contributed by atoms with van der Waals surface area (Å²) in [6.07, 6.45) is 2.76. The molecule has 0 radical (unpaired) electrons. The Labute approximate surface area is 158 Å². The topological polar surface area (TPSA) is 126 Å². The number of nitrogens with one attached hydrogen (secondary N) is 2. The Morgan fingerprint density at radius 1 is 1.31 bits per heavy atom. The summed E-state index contributed by atoms with van der Waals surface area (Å²) in [6, 6.07) is 9.51. The molecule has 0 aliphatic rings. The SMILES string of the molecule is C[C@@H](CN)Oc1cc(Br)ccc1-c1cc(Nc2cnc(C#N)cn2)n[nH]1. The lowest BCUT2D eigenvalue weighted by atomic mass is 10.1. The highest BCUT2D eigenvalue weighted by atomic mass is 79.9. The molecule has 0 aliphatic carbocycles. The molecular formula is C17H16BrN7O. The van der Waals surface area contributed by atoms with Gasteiger partial charge < -0.3 is 15.8 Å². The summed E-state index contributed by atoms with van der Waals surface area (Å²) >= 11 is 3.45. The second-order valence-electron chi connectivity index (χ2n) is 5.50. The molecule has 3 rings (SSSR count). The molecule has 2 heterocycles. The van der Waals surface area contributed by atoms with Crippen LogP contribution in [0.3, 0.4) is 0 Å². The van der Waals surface area contributed by atoms with Crippen LogP contribution in [0.25, 0.3) is 11.3 Å². The third-order valence-electron chi connectivity index (χ3n) is 3.49. The van der Waals surface area contributed by atoms with Crippen LogP contribution in [0.15, 0.2) is 41.1 Å². The number of nitriles is 1. The van der Waals surface area contributed by atoms with Crippen molar-refractivity contribution in [2.75, 3.05) is 11.9 Å². The van der Waals surface area contributed by atoms with Crippen molar-refractivity contribution >= 4 is 27.6 Å². The number of aromatic nitrogens is 4. The molecule has 9 heteroatoms. The number of ether oxygens (including phenoxy) is 1. The van der Waals surface area contributed by atoms with E-state index in [-0.39, 0.29) is 11.8 Å². The summed E-state index contributed by atoms with van der Waals surface area (Å²) < 4.78 is 6.82. The van der Waals surface area contributed by atoms with Crippen molar-refractivity contribution in [1.29, 1.82) is 5.26 Å². The first-order valence-corrected chi connectivity index (χ1v) is 8.59. The van der Waals surface area contributed by atoms with Gasteiger partial charge in [-0.2, -0.15) is 10.4 Å². The molecule has 1 atom stereocenters. The van der Waals surface area contributed by atoms with E-state index in [9.17, 15) is 0 Å². The summed E-state index contributed by atoms with van der Waals surface area (Å²) in [6.45, 7) is 2.33. The quantitative estimate of drug-likeness (QED) is 0.566. The molecule has 0 unspecified atom stereocenters. The van der Waals surface area contributed by atoms with Gasteiger partial charge in [-0.1, -0.05) is 15.9 Å². The van der Waals surface area contributed by atoms with Gasteiger partial charge >= 0.3 is 0 Å². The van der Waals surface area contributed by atoms with Crippen LogP contribution in [0.1, 0.15) is 12.6 Å². The summed E-state index contributed by atoms with van der Waals surface area (Å²) in [5.41, 5.74) is 7.55. The first kappa shape index (κ1) is 17.8. The highest BCUT2D eigenvalue weighted by Crippen LogP contribution is 2.33. The highest BCUT2D eigenvalue weighted by molar-refractivity contribution is 9.10. The zero-order valence-corrected chi connectivity index (χ0v) is 15.5. The van der Waals surface area contributed by atoms with Crippen molar-refractivity contribution in [3.8, 4) is 23.1 Å². The molecule has 8 nitrogen and oxygen atoms in total. The van der Waals surface area contributed by atoms with E-state index >= 15 is 0 Å². The van der Waals surface area contributed by atoms with Crippen molar-refractivity contribution in [2.45, 2.75) is 13.0 Å². The molecule has 0 saturated heterocycles. The maximum absolute atomic E-state index is 8.76. The maximum Gasteiger partial charge on any atom is 0.158 e. The number of H-pyrrole nitrogens is 1. The third kappa shape index (κ3) is 4.17. The van der Waals surface area contributed by atoms with Gasteiger partial charge in [-0.25, -0.2) is 9.97 Å². The lowest BCUT2D eigenvalue weighted by Gasteiger charge is -2.15. The van der Waals surface area contributed by atoms with Crippen molar-refractivity contribution in [1.82, 2.24) is 20.2 Å². The van der Waals surface area contributed by atoms with Crippen LogP contribution in [0, 0.1) is 11.3 Å². The number of hydrogen-bond acceptors (Lipinski definition) is 7. The second kappa shape index (κ2) is 7.95. The van der Waals surface area contributed by atoms with Crippen LogP contribution >= 0.6 is 15.9 Å². The van der Waals surface area contributed by atoms with E-state index in [1.165, 1.54) is 12.4 Å². The molecule has 4 N–H and O–H groups in total. The molecule has 0 spiro atoms. The Morgan fingerprint density at radius 2 is 2.15 bits per heavy atom. The van der Waals surface area contributed by atoms with E-state index < -0.39 is 0 Å². The zero-order valence-electron chi connectivity index (χ0n) is 13.9. The number of nitrogens with two attached hydrogens (primary N) is 1. The molecule has 1 aromatic carbocycles. The number of nitrogens with zero attached hydrogens (tertiary/aromatic N) is 4. The van der Waals surface area contributed by atoms with Gasteiger partial charge in [0.2, 0.25) is 0 Å². The molecule has 0 aliphatic heterocycles. The zero-order chi connectivity index (χ0) is 18.5. The van der Waals surface area contributed by atoms with Crippen LogP contribution in [-0.4, -0.2) is 32.8 Å². The van der Waals surface area contributed by atoms with Gasteiger partial charge in [0.25, 0.3) is 0 Å². The first-order valence-electron chi connectivity index (χ1n) is 7.80. The number of anilines is 2. The molecule has 0 saturated carbocycles. The van der Waals surface area contributed by atoms with Crippen LogP contribution in [0.4, 0.5) is 11.6 Å². The lowest BCUT2D eigenvalue weighted by Crippen LogP contribution is -2.23. The molecule has 0 amide bonds. The van der Waals surface area contributed by atoms with E-state index in [1.54, 1.807) is 0 Å². The number of benzene rings is 1. The van der Waals surface area contributed by atoms with Crippen molar-refractivity contribution in [2.24, 2.45) is 5.73 Å². The lowest BCUT2D eigenvalue weighted by molar-refractivity contribution is 0.231. The van der Waals surface area contributed by atoms with E-state index in [4.69, 9.17) is 15.7 Å². The Bertz CT molecular complexity index is 933. The normalized spacial score (nSPS) is 11.6. The predicted octanol–water partition coefficient (Wildman–Crippen LogP) is 2.97. The van der Waals surface area contributed by atoms with Crippen LogP contribution in [-0.2, 0) is 0 Å². The first-order chi connectivity index (χ1) is 12.6. The second-order valence-corrected chi connectivity index (χ2v) is 6.41. The molecule has 0 bridgehead atoms. The van der Waals surface area contributed by atoms with Gasteiger partial charge in [-0.3, -0.25) is 5.10 Å². The Balaban J connectivity index is 1.84. The Morgan fingerprint density at radius 3 is 2.85 bits per heavy atom. The molecule has 2 aromatic heterocycles.